The highest BCUT2D eigenvalue weighted by Gasteiger charge is 2.27. The summed E-state index contributed by atoms with van der Waals surface area (Å²) in [5.74, 6) is 0.855. The van der Waals surface area contributed by atoms with Crippen molar-refractivity contribution in [1.29, 1.82) is 0 Å². The van der Waals surface area contributed by atoms with Gasteiger partial charge in [-0.05, 0) is 18.5 Å². The molecule has 1 aromatic heterocycles. The maximum Gasteiger partial charge on any atom is 0.225 e. The fourth-order valence-electron chi connectivity index (χ4n) is 2.64. The van der Waals surface area contributed by atoms with E-state index in [1.807, 2.05) is 18.5 Å². The Morgan fingerprint density at radius 3 is 2.25 bits per heavy atom. The third kappa shape index (κ3) is 3.90. The summed E-state index contributed by atoms with van der Waals surface area (Å²) >= 11 is 0. The summed E-state index contributed by atoms with van der Waals surface area (Å²) in [5.41, 5.74) is 0.286. The highest BCUT2D eigenvalue weighted by Crippen LogP contribution is 2.20. The molecule has 1 aliphatic heterocycles. The molecule has 0 bridgehead atoms. The van der Waals surface area contributed by atoms with Crippen molar-refractivity contribution < 1.29 is 0 Å². The predicted molar refractivity (Wildman–Crippen MR) is 83.0 cm³/mol. The molecule has 1 aliphatic rings. The number of hydrogen-bond donors (Lipinski definition) is 1. The maximum atomic E-state index is 4.33. The first kappa shape index (κ1) is 15.2. The van der Waals surface area contributed by atoms with Crippen LogP contribution in [-0.2, 0) is 0 Å². The standard InChI is InChI=1S/C15H27N5/c1-15(2,3)13(16-4)12-19-8-10-20(11-9-19)14-17-6-5-7-18-14/h5-7,13,16H,8-12H2,1-4H3. The van der Waals surface area contributed by atoms with Crippen LogP contribution in [0, 0.1) is 5.41 Å². The van der Waals surface area contributed by atoms with Crippen LogP contribution in [0.25, 0.3) is 0 Å². The van der Waals surface area contributed by atoms with E-state index < -0.39 is 0 Å². The molecule has 112 valence electrons. The quantitative estimate of drug-likeness (QED) is 0.897. The largest absolute Gasteiger partial charge is 0.338 e. The first-order valence-electron chi connectivity index (χ1n) is 7.42. The number of piperazine rings is 1. The molecule has 1 fully saturated rings. The topological polar surface area (TPSA) is 44.3 Å². The van der Waals surface area contributed by atoms with Gasteiger partial charge >= 0.3 is 0 Å². The van der Waals surface area contributed by atoms with Gasteiger partial charge in [0.05, 0.1) is 0 Å². The van der Waals surface area contributed by atoms with Crippen LogP contribution in [0.3, 0.4) is 0 Å². The third-order valence-corrected chi connectivity index (χ3v) is 4.04. The van der Waals surface area contributed by atoms with Gasteiger partial charge < -0.3 is 10.2 Å². The van der Waals surface area contributed by atoms with Crippen LogP contribution in [0.4, 0.5) is 5.95 Å². The van der Waals surface area contributed by atoms with E-state index in [2.05, 4.69) is 52.9 Å². The molecule has 0 spiro atoms. The van der Waals surface area contributed by atoms with E-state index in [-0.39, 0.29) is 5.41 Å². The highest BCUT2D eigenvalue weighted by atomic mass is 15.3. The maximum absolute atomic E-state index is 4.33. The Bertz CT molecular complexity index is 392. The lowest BCUT2D eigenvalue weighted by Gasteiger charge is -2.39. The SMILES string of the molecule is CNC(CN1CCN(c2ncccn2)CC1)C(C)(C)C. The Hall–Kier alpha value is -1.20. The molecule has 0 radical (unpaired) electrons. The van der Waals surface area contributed by atoms with E-state index in [9.17, 15) is 0 Å². The minimum absolute atomic E-state index is 0.286. The van der Waals surface area contributed by atoms with Crippen molar-refractivity contribution in [3.63, 3.8) is 0 Å². The van der Waals surface area contributed by atoms with Gasteiger partial charge in [-0.2, -0.15) is 0 Å². The molecule has 1 saturated heterocycles. The second-order valence-electron chi connectivity index (χ2n) is 6.54. The Labute approximate surface area is 122 Å². The zero-order valence-corrected chi connectivity index (χ0v) is 13.1. The summed E-state index contributed by atoms with van der Waals surface area (Å²) < 4.78 is 0. The fourth-order valence-corrected chi connectivity index (χ4v) is 2.64. The molecule has 20 heavy (non-hydrogen) atoms. The molecular formula is C15H27N5. The van der Waals surface area contributed by atoms with Crippen LogP contribution in [0.1, 0.15) is 20.8 Å². The smallest absolute Gasteiger partial charge is 0.225 e. The first-order chi connectivity index (χ1) is 9.50. The van der Waals surface area contributed by atoms with E-state index in [1.165, 1.54) is 0 Å². The van der Waals surface area contributed by atoms with Gasteiger partial charge in [-0.1, -0.05) is 20.8 Å². The second kappa shape index (κ2) is 6.50. The lowest BCUT2D eigenvalue weighted by Crippen LogP contribution is -2.53. The number of anilines is 1. The molecule has 0 amide bonds. The molecule has 2 heterocycles. The number of nitrogens with zero attached hydrogens (tertiary/aromatic N) is 4. The van der Waals surface area contributed by atoms with Gasteiger partial charge in [0.15, 0.2) is 0 Å². The van der Waals surface area contributed by atoms with Crippen molar-refractivity contribution in [2.75, 3.05) is 44.7 Å². The molecule has 5 heteroatoms. The zero-order valence-electron chi connectivity index (χ0n) is 13.1. The molecule has 5 nitrogen and oxygen atoms in total. The van der Waals surface area contributed by atoms with Crippen molar-refractivity contribution in [3.8, 4) is 0 Å². The van der Waals surface area contributed by atoms with Crippen molar-refractivity contribution in [2.45, 2.75) is 26.8 Å². The van der Waals surface area contributed by atoms with E-state index >= 15 is 0 Å². The summed E-state index contributed by atoms with van der Waals surface area (Å²) in [7, 11) is 2.06. The Balaban J connectivity index is 1.85. The lowest BCUT2D eigenvalue weighted by molar-refractivity contribution is 0.172. The highest BCUT2D eigenvalue weighted by molar-refractivity contribution is 5.29. The summed E-state index contributed by atoms with van der Waals surface area (Å²) in [5, 5.41) is 3.45. The molecule has 1 aromatic rings. The van der Waals surface area contributed by atoms with Crippen LogP contribution >= 0.6 is 0 Å². The second-order valence-corrected chi connectivity index (χ2v) is 6.54. The summed E-state index contributed by atoms with van der Waals surface area (Å²) in [4.78, 5) is 13.5. The number of aromatic nitrogens is 2. The van der Waals surface area contributed by atoms with Crippen LogP contribution in [-0.4, -0.2) is 60.7 Å². The third-order valence-electron chi connectivity index (χ3n) is 4.04. The number of rotatable bonds is 4. The summed E-state index contributed by atoms with van der Waals surface area (Å²) in [6.45, 7) is 12.1. The molecule has 1 N–H and O–H groups in total. The number of nitrogens with one attached hydrogen (secondary N) is 1. The molecule has 2 rings (SSSR count). The van der Waals surface area contributed by atoms with Gasteiger partial charge in [-0.3, -0.25) is 4.90 Å². The zero-order chi connectivity index (χ0) is 14.6. The Morgan fingerprint density at radius 1 is 1.15 bits per heavy atom. The van der Waals surface area contributed by atoms with Gasteiger partial charge in [0, 0.05) is 51.2 Å². The number of hydrogen-bond acceptors (Lipinski definition) is 5. The molecule has 1 atom stereocenters. The van der Waals surface area contributed by atoms with Gasteiger partial charge in [0.2, 0.25) is 5.95 Å². The van der Waals surface area contributed by atoms with Gasteiger partial charge in [0.25, 0.3) is 0 Å². The minimum atomic E-state index is 0.286. The van der Waals surface area contributed by atoms with Crippen molar-refractivity contribution in [2.24, 2.45) is 5.41 Å². The summed E-state index contributed by atoms with van der Waals surface area (Å²) in [6, 6.07) is 2.38. The van der Waals surface area contributed by atoms with E-state index in [0.717, 1.165) is 38.7 Å². The molecule has 0 saturated carbocycles. The summed E-state index contributed by atoms with van der Waals surface area (Å²) in [6.07, 6.45) is 3.62. The van der Waals surface area contributed by atoms with Crippen LogP contribution < -0.4 is 10.2 Å². The van der Waals surface area contributed by atoms with Crippen molar-refractivity contribution in [3.05, 3.63) is 18.5 Å². The van der Waals surface area contributed by atoms with Crippen molar-refractivity contribution >= 4 is 5.95 Å². The van der Waals surface area contributed by atoms with Gasteiger partial charge in [-0.15, -0.1) is 0 Å². The molecule has 0 aromatic carbocycles. The first-order valence-corrected chi connectivity index (χ1v) is 7.42. The average Bonchev–Trinajstić information content (AvgIpc) is 2.45. The van der Waals surface area contributed by atoms with Gasteiger partial charge in [-0.25, -0.2) is 9.97 Å². The number of likely N-dealkylation sites (N-methyl/N-ethyl adjacent to an activating group) is 1. The van der Waals surface area contributed by atoms with Crippen LogP contribution in [0.15, 0.2) is 18.5 Å². The Kier molecular flexibility index (Phi) is 4.94. The van der Waals surface area contributed by atoms with Crippen LogP contribution in [0.5, 0.6) is 0 Å². The molecule has 1 unspecified atom stereocenters. The van der Waals surface area contributed by atoms with E-state index in [4.69, 9.17) is 0 Å². The van der Waals surface area contributed by atoms with E-state index in [1.54, 1.807) is 0 Å². The predicted octanol–water partition coefficient (Wildman–Crippen LogP) is 1.23. The average molecular weight is 277 g/mol. The molecule has 0 aliphatic carbocycles. The Morgan fingerprint density at radius 2 is 1.75 bits per heavy atom. The monoisotopic (exact) mass is 277 g/mol. The minimum Gasteiger partial charge on any atom is -0.338 e. The van der Waals surface area contributed by atoms with E-state index in [0.29, 0.717) is 6.04 Å². The van der Waals surface area contributed by atoms with Crippen molar-refractivity contribution in [1.82, 2.24) is 20.2 Å². The fraction of sp³-hybridized carbons (Fsp3) is 0.733. The van der Waals surface area contributed by atoms with Crippen LogP contribution in [0.2, 0.25) is 0 Å². The molecular weight excluding hydrogens is 250 g/mol. The van der Waals surface area contributed by atoms with Gasteiger partial charge in [0.1, 0.15) is 0 Å². The lowest BCUT2D eigenvalue weighted by atomic mass is 9.86. The normalized spacial score (nSPS) is 19.1.